The molecule has 13 heavy (non-hydrogen) atoms. The fourth-order valence-electron chi connectivity index (χ4n) is 1.22. The van der Waals surface area contributed by atoms with Gasteiger partial charge in [-0.05, 0) is 24.3 Å². The maximum Gasteiger partial charge on any atom is 0.192 e. The second-order valence-corrected chi connectivity index (χ2v) is 4.12. The van der Waals surface area contributed by atoms with Crippen molar-refractivity contribution in [2.45, 2.75) is 32.2 Å². The Balaban J connectivity index is 2.89. The summed E-state index contributed by atoms with van der Waals surface area (Å²) in [5, 5.41) is 1.90. The lowest BCUT2D eigenvalue weighted by Gasteiger charge is -2.23. The number of Topliss-reactive ketones (excluding diaryl/α,β-unsaturated/α-hetero) is 1. The molecule has 1 aromatic rings. The van der Waals surface area contributed by atoms with Crippen LogP contribution in [0.15, 0.2) is 17.5 Å². The molecule has 1 rings (SSSR count). The molecular weight excluding hydrogens is 182 g/mol. The van der Waals surface area contributed by atoms with Crippen LogP contribution < -0.4 is 5.73 Å². The minimum absolute atomic E-state index is 0.0764. The molecule has 0 atom stereocenters. The number of carbonyl (C=O) groups is 1. The second-order valence-electron chi connectivity index (χ2n) is 3.17. The zero-order valence-electron chi connectivity index (χ0n) is 8.04. The molecule has 0 aromatic carbocycles. The van der Waals surface area contributed by atoms with Crippen molar-refractivity contribution in [1.29, 1.82) is 0 Å². The Kier molecular flexibility index (Phi) is 3.22. The van der Waals surface area contributed by atoms with Gasteiger partial charge in [0.1, 0.15) is 0 Å². The van der Waals surface area contributed by atoms with Crippen molar-refractivity contribution < 1.29 is 4.79 Å². The minimum atomic E-state index is -0.662. The summed E-state index contributed by atoms with van der Waals surface area (Å²) in [6, 6.07) is 3.71. The van der Waals surface area contributed by atoms with E-state index in [0.717, 1.165) is 4.88 Å². The molecule has 2 nitrogen and oxygen atoms in total. The summed E-state index contributed by atoms with van der Waals surface area (Å²) < 4.78 is 0. The second kappa shape index (κ2) is 4.03. The standard InChI is InChI=1S/C10H15NOS/c1-3-10(11,4-2)9(12)8-6-5-7-13-8/h5-7H,3-4,11H2,1-2H3. The van der Waals surface area contributed by atoms with Crippen molar-refractivity contribution in [2.24, 2.45) is 5.73 Å². The Morgan fingerprint density at radius 3 is 2.54 bits per heavy atom. The number of nitrogens with two attached hydrogens (primary N) is 1. The van der Waals surface area contributed by atoms with Gasteiger partial charge in [-0.2, -0.15) is 0 Å². The highest BCUT2D eigenvalue weighted by Gasteiger charge is 2.31. The molecule has 0 fully saturated rings. The largest absolute Gasteiger partial charge is 0.319 e. The molecule has 0 aliphatic rings. The van der Waals surface area contributed by atoms with E-state index in [1.54, 1.807) is 0 Å². The molecule has 0 bridgehead atoms. The molecule has 0 saturated carbocycles. The van der Waals surface area contributed by atoms with Crippen molar-refractivity contribution in [3.05, 3.63) is 22.4 Å². The van der Waals surface area contributed by atoms with Crippen LogP contribution in [-0.4, -0.2) is 11.3 Å². The summed E-state index contributed by atoms with van der Waals surface area (Å²) in [5.41, 5.74) is 5.33. The molecule has 72 valence electrons. The highest BCUT2D eigenvalue weighted by atomic mass is 32.1. The zero-order chi connectivity index (χ0) is 9.90. The van der Waals surface area contributed by atoms with Gasteiger partial charge in [-0.25, -0.2) is 0 Å². The van der Waals surface area contributed by atoms with E-state index in [4.69, 9.17) is 5.73 Å². The maximum atomic E-state index is 11.9. The van der Waals surface area contributed by atoms with Crippen molar-refractivity contribution in [1.82, 2.24) is 0 Å². The fourth-order valence-corrected chi connectivity index (χ4v) is 2.00. The van der Waals surface area contributed by atoms with Crippen molar-refractivity contribution >= 4 is 17.1 Å². The van der Waals surface area contributed by atoms with Gasteiger partial charge in [-0.15, -0.1) is 11.3 Å². The van der Waals surface area contributed by atoms with E-state index in [9.17, 15) is 4.79 Å². The first-order chi connectivity index (χ1) is 6.14. The Hall–Kier alpha value is -0.670. The average molecular weight is 197 g/mol. The smallest absolute Gasteiger partial charge is 0.192 e. The van der Waals surface area contributed by atoms with Crippen LogP contribution in [0.2, 0.25) is 0 Å². The maximum absolute atomic E-state index is 11.9. The number of ketones is 1. The predicted octanol–water partition coefficient (Wildman–Crippen LogP) is 2.45. The van der Waals surface area contributed by atoms with Crippen LogP contribution in [0.25, 0.3) is 0 Å². The average Bonchev–Trinajstić information content (AvgIpc) is 2.68. The molecule has 1 aromatic heterocycles. The highest BCUT2D eigenvalue weighted by Crippen LogP contribution is 2.21. The lowest BCUT2D eigenvalue weighted by Crippen LogP contribution is -2.46. The summed E-state index contributed by atoms with van der Waals surface area (Å²) in [4.78, 5) is 12.6. The Bertz CT molecular complexity index is 275. The summed E-state index contributed by atoms with van der Waals surface area (Å²) in [5.74, 6) is 0.0764. The molecule has 0 aliphatic carbocycles. The van der Waals surface area contributed by atoms with E-state index in [0.29, 0.717) is 12.8 Å². The van der Waals surface area contributed by atoms with Gasteiger partial charge in [0.15, 0.2) is 5.78 Å². The van der Waals surface area contributed by atoms with Crippen molar-refractivity contribution in [3.8, 4) is 0 Å². The third-order valence-corrected chi connectivity index (χ3v) is 3.33. The van der Waals surface area contributed by atoms with E-state index in [1.807, 2.05) is 31.4 Å². The third kappa shape index (κ3) is 1.98. The molecule has 1 heterocycles. The Morgan fingerprint density at radius 1 is 1.54 bits per heavy atom. The summed E-state index contributed by atoms with van der Waals surface area (Å²) in [6.07, 6.45) is 1.39. The quantitative estimate of drug-likeness (QED) is 0.753. The molecule has 0 spiro atoms. The van der Waals surface area contributed by atoms with Crippen molar-refractivity contribution in [3.63, 3.8) is 0 Å². The van der Waals surface area contributed by atoms with Gasteiger partial charge in [0, 0.05) is 0 Å². The van der Waals surface area contributed by atoms with Crippen LogP contribution in [0.1, 0.15) is 36.4 Å². The number of hydrogen-bond donors (Lipinski definition) is 1. The molecule has 3 heteroatoms. The van der Waals surface area contributed by atoms with Gasteiger partial charge < -0.3 is 5.73 Å². The highest BCUT2D eigenvalue weighted by molar-refractivity contribution is 7.12. The third-order valence-electron chi connectivity index (χ3n) is 2.46. The molecule has 0 amide bonds. The van der Waals surface area contributed by atoms with Crippen LogP contribution in [0, 0.1) is 0 Å². The number of hydrogen-bond acceptors (Lipinski definition) is 3. The topological polar surface area (TPSA) is 43.1 Å². The first kappa shape index (κ1) is 10.4. The van der Waals surface area contributed by atoms with E-state index >= 15 is 0 Å². The SMILES string of the molecule is CCC(N)(CC)C(=O)c1cccs1. The molecular formula is C10H15NOS. The summed E-state index contributed by atoms with van der Waals surface area (Å²) in [7, 11) is 0. The zero-order valence-corrected chi connectivity index (χ0v) is 8.86. The monoisotopic (exact) mass is 197 g/mol. The van der Waals surface area contributed by atoms with Gasteiger partial charge in [-0.3, -0.25) is 4.79 Å². The van der Waals surface area contributed by atoms with Gasteiger partial charge in [0.05, 0.1) is 10.4 Å². The van der Waals surface area contributed by atoms with Crippen LogP contribution in [0.4, 0.5) is 0 Å². The van der Waals surface area contributed by atoms with E-state index in [2.05, 4.69) is 0 Å². The van der Waals surface area contributed by atoms with Gasteiger partial charge in [0.2, 0.25) is 0 Å². The first-order valence-electron chi connectivity index (χ1n) is 4.51. The van der Waals surface area contributed by atoms with Crippen LogP contribution in [0.5, 0.6) is 0 Å². The van der Waals surface area contributed by atoms with E-state index in [1.165, 1.54) is 11.3 Å². The fraction of sp³-hybridized carbons (Fsp3) is 0.500. The molecule has 0 unspecified atom stereocenters. The molecule has 2 N–H and O–H groups in total. The van der Waals surface area contributed by atoms with Crippen LogP contribution in [0.3, 0.4) is 0 Å². The Labute approximate surface area is 82.8 Å². The number of carbonyl (C=O) groups excluding carboxylic acids is 1. The van der Waals surface area contributed by atoms with Gasteiger partial charge in [0.25, 0.3) is 0 Å². The lowest BCUT2D eigenvalue weighted by atomic mass is 9.88. The molecule has 0 saturated heterocycles. The van der Waals surface area contributed by atoms with Crippen molar-refractivity contribution in [2.75, 3.05) is 0 Å². The summed E-state index contributed by atoms with van der Waals surface area (Å²) in [6.45, 7) is 3.91. The van der Waals surface area contributed by atoms with Gasteiger partial charge >= 0.3 is 0 Å². The predicted molar refractivity (Wildman–Crippen MR) is 56.1 cm³/mol. The molecule has 0 aliphatic heterocycles. The minimum Gasteiger partial charge on any atom is -0.319 e. The normalized spacial score (nSPS) is 11.6. The first-order valence-corrected chi connectivity index (χ1v) is 5.39. The van der Waals surface area contributed by atoms with Gasteiger partial charge in [-0.1, -0.05) is 19.9 Å². The molecule has 0 radical (unpaired) electrons. The van der Waals surface area contributed by atoms with Crippen LogP contribution in [-0.2, 0) is 0 Å². The van der Waals surface area contributed by atoms with Crippen LogP contribution >= 0.6 is 11.3 Å². The lowest BCUT2D eigenvalue weighted by molar-refractivity contribution is 0.0884. The Morgan fingerprint density at radius 2 is 2.15 bits per heavy atom. The van der Waals surface area contributed by atoms with E-state index in [-0.39, 0.29) is 5.78 Å². The van der Waals surface area contributed by atoms with E-state index < -0.39 is 5.54 Å². The number of rotatable bonds is 4. The summed E-state index contributed by atoms with van der Waals surface area (Å²) >= 11 is 1.46. The number of thiophene rings is 1.